The largest absolute Gasteiger partial charge is 0.756 e. The number of nitrogens with two attached hydrogens (primary N) is 2. The highest BCUT2D eigenvalue weighted by atomic mass is 31.3. The molecule has 22 heteroatoms. The van der Waals surface area contributed by atoms with Gasteiger partial charge in [-0.3, -0.25) is 18.5 Å². The van der Waals surface area contributed by atoms with Crippen LogP contribution in [0.3, 0.4) is 0 Å². The van der Waals surface area contributed by atoms with E-state index in [2.05, 4.69) is 28.3 Å². The lowest BCUT2D eigenvalue weighted by Crippen LogP contribution is -2.45. The maximum absolute atomic E-state index is 12.3. The molecule has 10 atom stereocenters. The summed E-state index contributed by atoms with van der Waals surface area (Å²) in [6, 6.07) is 2.15. The number of hydrogen-bond acceptors (Lipinski definition) is 17. The number of hydrogen-bond donors (Lipinski definition) is 6. The SMILES string of the molecule is NC(=O)c1ccc[n+](C2CC(COP(=O)([O-])OP(=O)([O-])OCC3OC(n4cnc5c(N)ncnc54)C(O)C3O)C(O)C2O)c1. The number of imidazole rings is 1. The van der Waals surface area contributed by atoms with E-state index in [4.69, 9.17) is 16.2 Å². The molecule has 0 bridgehead atoms. The number of pyridine rings is 1. The highest BCUT2D eigenvalue weighted by Gasteiger charge is 2.48. The van der Waals surface area contributed by atoms with Crippen molar-refractivity contribution >= 4 is 38.5 Å². The van der Waals surface area contributed by atoms with Crippen molar-refractivity contribution in [1.29, 1.82) is 0 Å². The van der Waals surface area contributed by atoms with Crippen LogP contribution in [0.15, 0.2) is 37.2 Å². The van der Waals surface area contributed by atoms with E-state index in [0.29, 0.717) is 0 Å². The number of rotatable bonds is 11. The summed E-state index contributed by atoms with van der Waals surface area (Å²) in [4.78, 5) is 47.9. The third-order valence-corrected chi connectivity index (χ3v) is 9.83. The minimum Gasteiger partial charge on any atom is -0.756 e. The van der Waals surface area contributed by atoms with Crippen molar-refractivity contribution in [3.8, 4) is 0 Å². The van der Waals surface area contributed by atoms with Gasteiger partial charge in [0.25, 0.3) is 21.6 Å². The second-order valence-corrected chi connectivity index (χ2v) is 13.1. The Balaban J connectivity index is 1.16. The minimum atomic E-state index is -5.64. The number of nitrogens with zero attached hydrogens (tertiary/aromatic N) is 5. The third kappa shape index (κ3) is 6.66. The van der Waals surface area contributed by atoms with Gasteiger partial charge in [-0.05, 0) is 6.07 Å². The molecule has 240 valence electrons. The van der Waals surface area contributed by atoms with Crippen molar-refractivity contribution in [1.82, 2.24) is 19.5 Å². The quantitative estimate of drug-likeness (QED) is 0.0854. The number of phosphoric acid groups is 2. The second-order valence-electron chi connectivity index (χ2n) is 10.1. The van der Waals surface area contributed by atoms with Crippen molar-refractivity contribution in [2.45, 2.75) is 49.2 Å². The van der Waals surface area contributed by atoms with E-state index in [9.17, 15) is 44.1 Å². The van der Waals surface area contributed by atoms with E-state index in [0.717, 1.165) is 6.33 Å². The number of carbonyl (C=O) groups excluding carboxylic acids is 1. The molecular weight excluding hydrogens is 632 g/mol. The molecule has 10 unspecified atom stereocenters. The molecule has 1 aliphatic carbocycles. The Kier molecular flexibility index (Phi) is 9.16. The average molecular weight is 660 g/mol. The molecule has 4 heterocycles. The van der Waals surface area contributed by atoms with Crippen LogP contribution < -0.4 is 25.8 Å². The monoisotopic (exact) mass is 660 g/mol. The molecule has 2 fully saturated rings. The first-order chi connectivity index (χ1) is 20.7. The summed E-state index contributed by atoms with van der Waals surface area (Å²) >= 11 is 0. The maximum atomic E-state index is 12.3. The second kappa shape index (κ2) is 12.4. The van der Waals surface area contributed by atoms with Gasteiger partial charge in [-0.15, -0.1) is 0 Å². The highest BCUT2D eigenvalue weighted by Crippen LogP contribution is 2.56. The zero-order valence-corrected chi connectivity index (χ0v) is 24.2. The average Bonchev–Trinajstić information content (AvgIpc) is 3.61. The van der Waals surface area contributed by atoms with E-state index in [1.807, 2.05) is 0 Å². The van der Waals surface area contributed by atoms with E-state index >= 15 is 0 Å². The van der Waals surface area contributed by atoms with Crippen LogP contribution >= 0.6 is 15.6 Å². The zero-order valence-electron chi connectivity index (χ0n) is 22.5. The lowest BCUT2D eigenvalue weighted by Gasteiger charge is -2.32. The Morgan fingerprint density at radius 1 is 1.07 bits per heavy atom. The van der Waals surface area contributed by atoms with E-state index in [1.165, 1.54) is 40.0 Å². The van der Waals surface area contributed by atoms with Gasteiger partial charge in [0.2, 0.25) is 0 Å². The molecule has 1 amide bonds. The van der Waals surface area contributed by atoms with E-state index in [-0.39, 0.29) is 29.0 Å². The van der Waals surface area contributed by atoms with Crippen LogP contribution in [0.1, 0.15) is 29.0 Å². The molecule has 8 N–H and O–H groups in total. The van der Waals surface area contributed by atoms with Gasteiger partial charge in [0.05, 0.1) is 25.6 Å². The number of aliphatic hydroxyl groups is 4. The smallest absolute Gasteiger partial charge is 0.274 e. The minimum absolute atomic E-state index is 0.0218. The maximum Gasteiger partial charge on any atom is 0.274 e. The Morgan fingerprint density at radius 3 is 2.48 bits per heavy atom. The van der Waals surface area contributed by atoms with Gasteiger partial charge in [0.15, 0.2) is 36.1 Å². The first-order valence-corrected chi connectivity index (χ1v) is 15.8. The van der Waals surface area contributed by atoms with Crippen LogP contribution in [-0.4, -0.2) is 89.6 Å². The van der Waals surface area contributed by atoms with Crippen LogP contribution in [0.2, 0.25) is 0 Å². The van der Waals surface area contributed by atoms with Crippen LogP contribution in [0, 0.1) is 5.92 Å². The normalized spacial score (nSPS) is 31.6. The van der Waals surface area contributed by atoms with Crippen molar-refractivity contribution in [3.63, 3.8) is 0 Å². The first kappa shape index (κ1) is 32.4. The summed E-state index contributed by atoms with van der Waals surface area (Å²) in [7, 11) is -11.2. The topological polar surface area (TPSA) is 315 Å². The fourth-order valence-electron chi connectivity index (χ4n) is 5.08. The number of ether oxygens (including phenoxy) is 1. The molecule has 3 aromatic heterocycles. The summed E-state index contributed by atoms with van der Waals surface area (Å²) < 4.78 is 46.2. The Labute approximate surface area is 247 Å². The summed E-state index contributed by atoms with van der Waals surface area (Å²) in [6.45, 7) is -1.73. The first-order valence-electron chi connectivity index (χ1n) is 12.9. The van der Waals surface area contributed by atoms with Gasteiger partial charge in [-0.1, -0.05) is 0 Å². The van der Waals surface area contributed by atoms with Crippen molar-refractivity contribution < 1.29 is 66.8 Å². The highest BCUT2D eigenvalue weighted by molar-refractivity contribution is 7.59. The van der Waals surface area contributed by atoms with Gasteiger partial charge in [-0.25, -0.2) is 19.3 Å². The Hall–Kier alpha value is -2.97. The Morgan fingerprint density at radius 2 is 1.77 bits per heavy atom. The fourth-order valence-corrected chi connectivity index (χ4v) is 7.14. The van der Waals surface area contributed by atoms with Crippen LogP contribution in [0.4, 0.5) is 5.82 Å². The summed E-state index contributed by atoms with van der Waals surface area (Å²) in [5, 5.41) is 41.8. The van der Waals surface area contributed by atoms with Crippen molar-refractivity contribution in [2.24, 2.45) is 11.7 Å². The molecule has 20 nitrogen and oxygen atoms in total. The standard InChI is InChI=1S/C22H29N7O13P2/c23-19-14-21(26-8-25-19)29(9-27-14)22-18(33)17(32)13(41-22)7-40-44(37,38)42-43(35,36)39-6-11-4-12(16(31)15(11)30)28-3-1-2-10(5-28)20(24)34/h1-3,5,8-9,11-13,15-18,22,30-33H,4,6-7H2,(H5-,23,24,25,26,34,35,36,37,38)/p-1. The van der Waals surface area contributed by atoms with Gasteiger partial charge in [0, 0.05) is 18.4 Å². The number of fused-ring (bicyclic) bond motifs is 1. The van der Waals surface area contributed by atoms with Crippen LogP contribution in [0.25, 0.3) is 11.2 Å². The molecular formula is C22H28N7O13P2-. The number of primary amides is 1. The zero-order chi connectivity index (χ0) is 32.0. The summed E-state index contributed by atoms with van der Waals surface area (Å²) in [5.41, 5.74) is 11.5. The number of aliphatic hydroxyl groups excluding tert-OH is 4. The molecule has 0 aromatic carbocycles. The van der Waals surface area contributed by atoms with Gasteiger partial charge >= 0.3 is 0 Å². The number of amides is 1. The predicted octanol–water partition coefficient (Wildman–Crippen LogP) is -3.62. The molecule has 2 aliphatic rings. The molecule has 44 heavy (non-hydrogen) atoms. The summed E-state index contributed by atoms with van der Waals surface area (Å²) in [6.07, 6.45) is -3.73. The lowest BCUT2D eigenvalue weighted by molar-refractivity contribution is -0.728. The number of carbonyl (C=O) groups is 1. The van der Waals surface area contributed by atoms with Crippen LogP contribution in [0.5, 0.6) is 0 Å². The van der Waals surface area contributed by atoms with Gasteiger partial charge < -0.3 is 55.5 Å². The Bertz CT molecular complexity index is 1630. The van der Waals surface area contributed by atoms with Gasteiger partial charge in [0.1, 0.15) is 41.8 Å². The van der Waals surface area contributed by atoms with Gasteiger partial charge in [-0.2, -0.15) is 4.57 Å². The lowest BCUT2D eigenvalue weighted by atomic mass is 10.1. The molecule has 3 aromatic rings. The number of aromatic nitrogens is 5. The molecule has 1 aliphatic heterocycles. The molecule has 1 saturated heterocycles. The number of anilines is 1. The van der Waals surface area contributed by atoms with Crippen molar-refractivity contribution in [2.75, 3.05) is 18.9 Å². The van der Waals surface area contributed by atoms with Crippen molar-refractivity contribution in [3.05, 3.63) is 42.7 Å². The number of phosphoric ester groups is 2. The van der Waals surface area contributed by atoms with Crippen LogP contribution in [-0.2, 0) is 27.2 Å². The molecule has 1 saturated carbocycles. The fraction of sp³-hybridized carbons (Fsp3) is 0.500. The summed E-state index contributed by atoms with van der Waals surface area (Å²) in [5.74, 6) is -1.67. The van der Waals surface area contributed by atoms with E-state index < -0.39 is 83.5 Å². The van der Waals surface area contributed by atoms with E-state index in [1.54, 1.807) is 0 Å². The number of nitrogen functional groups attached to an aromatic ring is 1. The molecule has 5 rings (SSSR count). The predicted molar refractivity (Wildman–Crippen MR) is 138 cm³/mol. The molecule has 0 radical (unpaired) electrons. The third-order valence-electron chi connectivity index (χ3n) is 7.30. The molecule has 0 spiro atoms.